The van der Waals surface area contributed by atoms with Crippen LogP contribution in [0.25, 0.3) is 11.3 Å². The third-order valence-electron chi connectivity index (χ3n) is 7.44. The normalized spacial score (nSPS) is 16.9. The van der Waals surface area contributed by atoms with E-state index in [1.54, 1.807) is 13.3 Å². The van der Waals surface area contributed by atoms with E-state index in [9.17, 15) is 9.59 Å². The zero-order chi connectivity index (χ0) is 27.4. The standard InChI is InChI=1S/C30H35ClN4O3S/c1-18(33-24-16-21(31)17-32-28(24)20-8-5-9-23(15-20)38-2)26-12-13-27(39-26)30(37)35-25(14-19-6-3-4-7-19)29(36)34-22-10-11-22/h5,8-9,12-13,15-19,22,25,33H,3-4,6-7,10-11,14H2,1-2H3,(H,34,36)(H,35,37)/t18-,25+/m1/s1. The lowest BCUT2D eigenvalue weighted by atomic mass is 9.97. The third kappa shape index (κ3) is 7.11. The molecule has 2 heterocycles. The Bertz CT molecular complexity index is 1320. The number of carbonyl (C=O) groups excluding carboxylic acids is 2. The van der Waals surface area contributed by atoms with Crippen molar-refractivity contribution in [2.24, 2.45) is 5.92 Å². The number of methoxy groups -OCH3 is 1. The van der Waals surface area contributed by atoms with Gasteiger partial charge in [-0.2, -0.15) is 0 Å². The van der Waals surface area contributed by atoms with E-state index in [0.29, 0.717) is 22.2 Å². The summed E-state index contributed by atoms with van der Waals surface area (Å²) in [6.45, 7) is 2.04. The molecule has 2 aliphatic carbocycles. The van der Waals surface area contributed by atoms with E-state index in [4.69, 9.17) is 16.3 Å². The molecule has 7 nitrogen and oxygen atoms in total. The number of pyridine rings is 1. The number of hydrogen-bond acceptors (Lipinski definition) is 6. The van der Waals surface area contributed by atoms with Gasteiger partial charge in [-0.15, -0.1) is 11.3 Å². The smallest absolute Gasteiger partial charge is 0.262 e. The highest BCUT2D eigenvalue weighted by atomic mass is 35.5. The maximum absolute atomic E-state index is 13.2. The number of benzene rings is 1. The SMILES string of the molecule is COc1cccc(-c2ncc(Cl)cc2N[C@H](C)c2ccc(C(=O)N[C@@H](CC3CCCC3)C(=O)NC3CC3)s2)c1. The number of aromatic nitrogens is 1. The van der Waals surface area contributed by atoms with Crippen LogP contribution in [0.15, 0.2) is 48.7 Å². The molecule has 2 amide bonds. The van der Waals surface area contributed by atoms with Crippen LogP contribution >= 0.6 is 22.9 Å². The van der Waals surface area contributed by atoms with E-state index >= 15 is 0 Å². The Kier molecular flexibility index (Phi) is 8.72. The highest BCUT2D eigenvalue weighted by molar-refractivity contribution is 7.14. The quantitative estimate of drug-likeness (QED) is 0.243. The molecule has 1 aromatic carbocycles. The van der Waals surface area contributed by atoms with Gasteiger partial charge in [0.1, 0.15) is 11.8 Å². The molecule has 0 spiro atoms. The number of carbonyl (C=O) groups is 2. The summed E-state index contributed by atoms with van der Waals surface area (Å²) in [6.07, 6.45) is 9.05. The van der Waals surface area contributed by atoms with Gasteiger partial charge in [0.05, 0.1) is 34.4 Å². The van der Waals surface area contributed by atoms with E-state index in [1.807, 2.05) is 49.4 Å². The Balaban J connectivity index is 1.28. The molecule has 39 heavy (non-hydrogen) atoms. The van der Waals surface area contributed by atoms with Crippen molar-refractivity contribution in [2.45, 2.75) is 70.0 Å². The first-order chi connectivity index (χ1) is 18.9. The molecule has 3 N–H and O–H groups in total. The van der Waals surface area contributed by atoms with Gasteiger partial charge in [-0.05, 0) is 62.4 Å². The molecule has 2 atom stereocenters. The summed E-state index contributed by atoms with van der Waals surface area (Å²) in [5.41, 5.74) is 2.46. The molecule has 2 aliphatic rings. The number of ether oxygens (including phenoxy) is 1. The summed E-state index contributed by atoms with van der Waals surface area (Å²) in [4.78, 5) is 32.3. The lowest BCUT2D eigenvalue weighted by Crippen LogP contribution is -2.48. The van der Waals surface area contributed by atoms with Gasteiger partial charge in [0.25, 0.3) is 5.91 Å². The van der Waals surface area contributed by atoms with Crippen LogP contribution in [0, 0.1) is 5.92 Å². The molecule has 5 rings (SSSR count). The zero-order valence-electron chi connectivity index (χ0n) is 22.3. The van der Waals surface area contributed by atoms with Gasteiger partial charge in [-0.3, -0.25) is 14.6 Å². The summed E-state index contributed by atoms with van der Waals surface area (Å²) in [7, 11) is 1.64. The Labute approximate surface area is 238 Å². The Hall–Kier alpha value is -3.10. The van der Waals surface area contributed by atoms with Gasteiger partial charge in [-0.25, -0.2) is 0 Å². The van der Waals surface area contributed by atoms with Crippen molar-refractivity contribution >= 4 is 40.4 Å². The van der Waals surface area contributed by atoms with Gasteiger partial charge in [0.15, 0.2) is 0 Å². The van der Waals surface area contributed by atoms with Gasteiger partial charge in [0, 0.05) is 22.7 Å². The second-order valence-electron chi connectivity index (χ2n) is 10.5. The first kappa shape index (κ1) is 27.5. The highest BCUT2D eigenvalue weighted by Crippen LogP contribution is 2.34. The number of anilines is 1. The van der Waals surface area contributed by atoms with Crippen LogP contribution in [-0.2, 0) is 4.79 Å². The Morgan fingerprint density at radius 1 is 1.13 bits per heavy atom. The maximum atomic E-state index is 13.2. The highest BCUT2D eigenvalue weighted by Gasteiger charge is 2.31. The van der Waals surface area contributed by atoms with Crippen LogP contribution in [0.3, 0.4) is 0 Å². The van der Waals surface area contributed by atoms with Crippen LogP contribution in [0.2, 0.25) is 5.02 Å². The predicted molar refractivity (Wildman–Crippen MR) is 157 cm³/mol. The molecule has 3 aromatic rings. The van der Waals surface area contributed by atoms with Crippen molar-refractivity contribution < 1.29 is 14.3 Å². The molecule has 2 fully saturated rings. The monoisotopic (exact) mass is 566 g/mol. The third-order valence-corrected chi connectivity index (χ3v) is 8.91. The molecule has 0 radical (unpaired) electrons. The minimum Gasteiger partial charge on any atom is -0.497 e. The molecule has 0 unspecified atom stereocenters. The fourth-order valence-electron chi connectivity index (χ4n) is 5.13. The molecule has 206 valence electrons. The number of hydrogen-bond donors (Lipinski definition) is 3. The van der Waals surface area contributed by atoms with Gasteiger partial charge in [-0.1, -0.05) is 49.4 Å². The van der Waals surface area contributed by atoms with Gasteiger partial charge < -0.3 is 20.7 Å². The van der Waals surface area contributed by atoms with E-state index in [2.05, 4.69) is 20.9 Å². The van der Waals surface area contributed by atoms with E-state index in [1.165, 1.54) is 24.2 Å². The summed E-state index contributed by atoms with van der Waals surface area (Å²) >= 11 is 7.72. The van der Waals surface area contributed by atoms with Crippen molar-refractivity contribution in [3.8, 4) is 17.0 Å². The lowest BCUT2D eigenvalue weighted by molar-refractivity contribution is -0.123. The Morgan fingerprint density at radius 3 is 2.67 bits per heavy atom. The first-order valence-electron chi connectivity index (χ1n) is 13.7. The lowest BCUT2D eigenvalue weighted by Gasteiger charge is -2.21. The minimum atomic E-state index is -0.495. The van der Waals surface area contributed by atoms with Crippen molar-refractivity contribution in [3.63, 3.8) is 0 Å². The second kappa shape index (κ2) is 12.4. The number of amides is 2. The van der Waals surface area contributed by atoms with Gasteiger partial charge >= 0.3 is 0 Å². The molecular formula is C30H35ClN4O3S. The van der Waals surface area contributed by atoms with Crippen LogP contribution in [0.5, 0.6) is 5.75 Å². The zero-order valence-corrected chi connectivity index (χ0v) is 23.9. The summed E-state index contributed by atoms with van der Waals surface area (Å²) in [5, 5.41) is 10.2. The molecule has 2 saturated carbocycles. The fourth-order valence-corrected chi connectivity index (χ4v) is 6.20. The molecule has 2 aromatic heterocycles. The fraction of sp³-hybridized carbons (Fsp3) is 0.433. The summed E-state index contributed by atoms with van der Waals surface area (Å²) in [5.74, 6) is 0.986. The number of thiophene rings is 1. The minimum absolute atomic E-state index is 0.0527. The predicted octanol–water partition coefficient (Wildman–Crippen LogP) is 6.60. The topological polar surface area (TPSA) is 92.3 Å². The first-order valence-corrected chi connectivity index (χ1v) is 14.9. The average molecular weight is 567 g/mol. The van der Waals surface area contributed by atoms with Crippen LogP contribution < -0.4 is 20.7 Å². The van der Waals surface area contributed by atoms with Crippen LogP contribution in [0.1, 0.15) is 72.5 Å². The van der Waals surface area contributed by atoms with Crippen molar-refractivity contribution in [3.05, 3.63) is 63.4 Å². The summed E-state index contributed by atoms with van der Waals surface area (Å²) in [6, 6.07) is 13.0. The second-order valence-corrected chi connectivity index (χ2v) is 12.1. The van der Waals surface area contributed by atoms with Crippen LogP contribution in [-0.4, -0.2) is 36.0 Å². The molecule has 0 bridgehead atoms. The van der Waals surface area contributed by atoms with Gasteiger partial charge in [0.2, 0.25) is 5.91 Å². The molecule has 9 heteroatoms. The number of nitrogens with zero attached hydrogens (tertiary/aromatic N) is 1. The van der Waals surface area contributed by atoms with Crippen molar-refractivity contribution in [1.29, 1.82) is 0 Å². The number of nitrogens with one attached hydrogen (secondary N) is 3. The molecule has 0 aliphatic heterocycles. The molecular weight excluding hydrogens is 532 g/mol. The number of rotatable bonds is 11. The Morgan fingerprint density at radius 2 is 1.92 bits per heavy atom. The van der Waals surface area contributed by atoms with E-state index in [0.717, 1.165) is 53.3 Å². The van der Waals surface area contributed by atoms with E-state index < -0.39 is 6.04 Å². The maximum Gasteiger partial charge on any atom is 0.262 e. The van der Waals surface area contributed by atoms with Crippen molar-refractivity contribution in [1.82, 2.24) is 15.6 Å². The molecule has 0 saturated heterocycles. The number of halogens is 1. The van der Waals surface area contributed by atoms with Crippen LogP contribution in [0.4, 0.5) is 5.69 Å². The largest absolute Gasteiger partial charge is 0.497 e. The van der Waals surface area contributed by atoms with Crippen molar-refractivity contribution in [2.75, 3.05) is 12.4 Å². The summed E-state index contributed by atoms with van der Waals surface area (Å²) < 4.78 is 5.38. The average Bonchev–Trinajstić information content (AvgIpc) is 3.37. The van der Waals surface area contributed by atoms with E-state index in [-0.39, 0.29) is 23.9 Å².